The predicted octanol–water partition coefficient (Wildman–Crippen LogP) is 3.44. The van der Waals surface area contributed by atoms with Crippen molar-refractivity contribution < 1.29 is 23.8 Å². The van der Waals surface area contributed by atoms with Crippen molar-refractivity contribution in [2.75, 3.05) is 18.1 Å². The Bertz CT molecular complexity index is 1050. The fourth-order valence-corrected chi connectivity index (χ4v) is 3.18. The van der Waals surface area contributed by atoms with E-state index in [9.17, 15) is 19.1 Å². The van der Waals surface area contributed by atoms with Crippen LogP contribution in [0.15, 0.2) is 42.6 Å². The van der Waals surface area contributed by atoms with Crippen molar-refractivity contribution >= 4 is 29.0 Å². The largest absolute Gasteiger partial charge is 0.505 e. The summed E-state index contributed by atoms with van der Waals surface area (Å²) in [6.07, 6.45) is 2.10. The van der Waals surface area contributed by atoms with Crippen molar-refractivity contribution in [3.63, 3.8) is 0 Å². The molecule has 7 heteroatoms. The highest BCUT2D eigenvalue weighted by Gasteiger charge is 2.27. The predicted molar refractivity (Wildman–Crippen MR) is 96.7 cm³/mol. The van der Waals surface area contributed by atoms with Gasteiger partial charge in [0.1, 0.15) is 17.9 Å². The molecule has 0 spiro atoms. The molecule has 1 aliphatic heterocycles. The molecule has 1 aromatic heterocycles. The van der Waals surface area contributed by atoms with E-state index >= 15 is 0 Å². The van der Waals surface area contributed by atoms with Crippen molar-refractivity contribution in [2.24, 2.45) is 0 Å². The number of aromatic nitrogens is 1. The lowest BCUT2D eigenvalue weighted by molar-refractivity contribution is 0.112. The Kier molecular flexibility index (Phi) is 4.19. The zero-order valence-corrected chi connectivity index (χ0v) is 14.2. The molecular formula is C20H15FN2O4. The van der Waals surface area contributed by atoms with Crippen molar-refractivity contribution in [1.82, 2.24) is 4.98 Å². The monoisotopic (exact) mass is 366 g/mol. The molecule has 136 valence electrons. The molecule has 1 saturated heterocycles. The normalized spacial score (nSPS) is 13.8. The lowest BCUT2D eigenvalue weighted by Crippen LogP contribution is -2.23. The van der Waals surface area contributed by atoms with Crippen LogP contribution in [0.25, 0.3) is 10.9 Å². The van der Waals surface area contributed by atoms with E-state index in [4.69, 9.17) is 4.74 Å². The zero-order chi connectivity index (χ0) is 19.0. The van der Waals surface area contributed by atoms with Gasteiger partial charge in [0.05, 0.1) is 17.8 Å². The minimum atomic E-state index is -0.511. The third-order valence-corrected chi connectivity index (χ3v) is 4.51. The number of phenols is 1. The van der Waals surface area contributed by atoms with Gasteiger partial charge < -0.3 is 9.84 Å². The number of aldehydes is 1. The number of fused-ring (bicyclic) bond motifs is 1. The van der Waals surface area contributed by atoms with Crippen LogP contribution in [0, 0.1) is 5.82 Å². The van der Waals surface area contributed by atoms with Crippen molar-refractivity contribution in [1.29, 1.82) is 0 Å². The smallest absolute Gasteiger partial charge is 0.414 e. The molecular weight excluding hydrogens is 351 g/mol. The Morgan fingerprint density at radius 2 is 2.00 bits per heavy atom. The van der Waals surface area contributed by atoms with Gasteiger partial charge in [0.15, 0.2) is 12.0 Å². The molecule has 0 aliphatic carbocycles. The number of phenolic OH excluding ortho intramolecular Hbond substituents is 1. The first-order chi connectivity index (χ1) is 13.1. The van der Waals surface area contributed by atoms with Crippen LogP contribution in [0.5, 0.6) is 5.75 Å². The Morgan fingerprint density at radius 3 is 2.67 bits per heavy atom. The number of hydrogen-bond donors (Lipinski definition) is 1. The average molecular weight is 366 g/mol. The molecule has 6 nitrogen and oxygen atoms in total. The number of cyclic esters (lactones) is 1. The maximum Gasteiger partial charge on any atom is 0.414 e. The molecule has 0 bridgehead atoms. The molecule has 1 N–H and O–H groups in total. The first-order valence-corrected chi connectivity index (χ1v) is 8.35. The van der Waals surface area contributed by atoms with Gasteiger partial charge in [-0.05, 0) is 41.8 Å². The highest BCUT2D eigenvalue weighted by atomic mass is 19.1. The molecule has 0 saturated carbocycles. The van der Waals surface area contributed by atoms with Crippen molar-refractivity contribution in [3.8, 4) is 5.75 Å². The number of benzene rings is 2. The maximum atomic E-state index is 13.1. The number of pyridine rings is 1. The number of amides is 1. The SMILES string of the molecule is O=Cc1cc(N2CCOC2=O)c2cc(Cc3ccc(F)cc3)cnc2c1O. The van der Waals surface area contributed by atoms with Crippen LogP contribution in [0.1, 0.15) is 21.5 Å². The van der Waals surface area contributed by atoms with Crippen LogP contribution >= 0.6 is 0 Å². The van der Waals surface area contributed by atoms with Gasteiger partial charge in [0, 0.05) is 11.6 Å². The van der Waals surface area contributed by atoms with E-state index < -0.39 is 6.09 Å². The second kappa shape index (κ2) is 6.68. The number of anilines is 1. The van der Waals surface area contributed by atoms with E-state index in [1.807, 2.05) is 0 Å². The fourth-order valence-electron chi connectivity index (χ4n) is 3.18. The second-order valence-corrected chi connectivity index (χ2v) is 6.26. The Morgan fingerprint density at radius 1 is 1.22 bits per heavy atom. The third-order valence-electron chi connectivity index (χ3n) is 4.51. The van der Waals surface area contributed by atoms with Gasteiger partial charge >= 0.3 is 6.09 Å². The number of carbonyl (C=O) groups excluding carboxylic acids is 2. The van der Waals surface area contributed by atoms with E-state index in [0.29, 0.717) is 30.3 Å². The molecule has 4 rings (SSSR count). The summed E-state index contributed by atoms with van der Waals surface area (Å²) in [5.74, 6) is -0.541. The van der Waals surface area contributed by atoms with E-state index in [2.05, 4.69) is 4.98 Å². The highest BCUT2D eigenvalue weighted by molar-refractivity contribution is 6.06. The standard InChI is InChI=1S/C20H15FN2O4/c21-15-3-1-12(2-4-15)7-13-8-16-17(23-5-6-27-20(23)26)9-14(11-24)19(25)18(16)22-10-13/h1-4,8-11,25H,5-7H2. The number of rotatable bonds is 4. The summed E-state index contributed by atoms with van der Waals surface area (Å²) in [7, 11) is 0. The van der Waals surface area contributed by atoms with Gasteiger partial charge in [0.25, 0.3) is 0 Å². The van der Waals surface area contributed by atoms with Crippen LogP contribution in [0.4, 0.5) is 14.9 Å². The third kappa shape index (κ3) is 3.08. The minimum absolute atomic E-state index is 0.0518. The van der Waals surface area contributed by atoms with Crippen LogP contribution in [-0.4, -0.2) is 35.6 Å². The summed E-state index contributed by atoms with van der Waals surface area (Å²) in [6.45, 7) is 0.597. The summed E-state index contributed by atoms with van der Waals surface area (Å²) in [5.41, 5.74) is 2.46. The number of ether oxygens (including phenoxy) is 1. The second-order valence-electron chi connectivity index (χ2n) is 6.26. The number of aromatic hydroxyl groups is 1. The zero-order valence-electron chi connectivity index (χ0n) is 14.2. The molecule has 3 aromatic rings. The highest BCUT2D eigenvalue weighted by Crippen LogP contribution is 2.36. The lowest BCUT2D eigenvalue weighted by Gasteiger charge is -2.17. The van der Waals surface area contributed by atoms with Crippen LogP contribution < -0.4 is 4.90 Å². The molecule has 1 fully saturated rings. The first-order valence-electron chi connectivity index (χ1n) is 8.35. The summed E-state index contributed by atoms with van der Waals surface area (Å²) >= 11 is 0. The summed E-state index contributed by atoms with van der Waals surface area (Å²) < 4.78 is 18.1. The molecule has 1 aliphatic rings. The van der Waals surface area contributed by atoms with Crippen LogP contribution in [0.3, 0.4) is 0 Å². The molecule has 27 heavy (non-hydrogen) atoms. The topological polar surface area (TPSA) is 79.7 Å². The van der Waals surface area contributed by atoms with Gasteiger partial charge in [-0.3, -0.25) is 14.7 Å². The number of hydrogen-bond acceptors (Lipinski definition) is 5. The molecule has 0 radical (unpaired) electrons. The average Bonchev–Trinajstić information content (AvgIpc) is 3.10. The molecule has 0 unspecified atom stereocenters. The minimum Gasteiger partial charge on any atom is -0.505 e. The molecule has 0 atom stereocenters. The first kappa shape index (κ1) is 17.0. The Hall–Kier alpha value is -3.48. The Balaban J connectivity index is 1.84. The summed E-state index contributed by atoms with van der Waals surface area (Å²) in [5, 5.41) is 10.9. The van der Waals surface area contributed by atoms with Gasteiger partial charge in [0.2, 0.25) is 0 Å². The number of halogens is 1. The van der Waals surface area contributed by atoms with Gasteiger partial charge in [-0.1, -0.05) is 12.1 Å². The summed E-state index contributed by atoms with van der Waals surface area (Å²) in [6, 6.07) is 9.41. The molecule has 2 aromatic carbocycles. The van der Waals surface area contributed by atoms with E-state index in [-0.39, 0.29) is 29.3 Å². The van der Waals surface area contributed by atoms with Crippen molar-refractivity contribution in [2.45, 2.75) is 6.42 Å². The molecule has 2 heterocycles. The Labute approximate surface area is 153 Å². The maximum absolute atomic E-state index is 13.1. The van der Waals surface area contributed by atoms with Gasteiger partial charge in [-0.15, -0.1) is 0 Å². The quantitative estimate of drug-likeness (QED) is 0.716. The van der Waals surface area contributed by atoms with Crippen LogP contribution in [-0.2, 0) is 11.2 Å². The van der Waals surface area contributed by atoms with E-state index in [1.54, 1.807) is 24.4 Å². The van der Waals surface area contributed by atoms with Gasteiger partial charge in [-0.25, -0.2) is 9.18 Å². The van der Waals surface area contributed by atoms with E-state index in [1.165, 1.54) is 23.1 Å². The fraction of sp³-hybridized carbons (Fsp3) is 0.150. The molecule has 1 amide bonds. The van der Waals surface area contributed by atoms with Gasteiger partial charge in [-0.2, -0.15) is 0 Å². The number of carbonyl (C=O) groups is 2. The lowest BCUT2D eigenvalue weighted by atomic mass is 10.0. The van der Waals surface area contributed by atoms with E-state index in [0.717, 1.165) is 11.1 Å². The summed E-state index contributed by atoms with van der Waals surface area (Å²) in [4.78, 5) is 29.0. The number of nitrogens with zero attached hydrogens (tertiary/aromatic N) is 2. The van der Waals surface area contributed by atoms with Crippen LogP contribution in [0.2, 0.25) is 0 Å². The van der Waals surface area contributed by atoms with Crippen molar-refractivity contribution in [3.05, 3.63) is 65.1 Å².